The third kappa shape index (κ3) is 5.52. The molecule has 1 aromatic rings. The first kappa shape index (κ1) is 15.2. The molecule has 0 aliphatic carbocycles. The number of aliphatic imine (C=N–C) groups is 1. The van der Waals surface area contributed by atoms with E-state index in [2.05, 4.69) is 26.1 Å². The first-order valence-corrected chi connectivity index (χ1v) is 7.09. The van der Waals surface area contributed by atoms with Crippen LogP contribution in [0.15, 0.2) is 11.2 Å². The second-order valence-electron chi connectivity index (χ2n) is 2.97. The van der Waals surface area contributed by atoms with Crippen LogP contribution < -0.4 is 16.2 Å². The molecule has 0 aromatic carbocycles. The molecule has 0 radical (unpaired) electrons. The van der Waals surface area contributed by atoms with Gasteiger partial charge in [0, 0.05) is 6.54 Å². The van der Waals surface area contributed by atoms with Crippen LogP contribution in [-0.2, 0) is 4.79 Å². The van der Waals surface area contributed by atoms with Crippen molar-refractivity contribution in [2.75, 3.05) is 24.7 Å². The summed E-state index contributed by atoms with van der Waals surface area (Å²) in [7, 11) is 0. The van der Waals surface area contributed by atoms with Crippen LogP contribution in [0.3, 0.4) is 0 Å². The summed E-state index contributed by atoms with van der Waals surface area (Å²) >= 11 is 2.32. The minimum atomic E-state index is -0.484. The molecule has 9 nitrogen and oxygen atoms in total. The first-order valence-electron chi connectivity index (χ1n) is 5.05. The van der Waals surface area contributed by atoms with Gasteiger partial charge >= 0.3 is 5.00 Å². The van der Waals surface area contributed by atoms with Gasteiger partial charge in [-0.15, -0.1) is 0 Å². The van der Waals surface area contributed by atoms with Crippen LogP contribution in [0.5, 0.6) is 0 Å². The number of amidine groups is 1. The Morgan fingerprint density at radius 3 is 3.11 bits per heavy atom. The highest BCUT2D eigenvalue weighted by molar-refractivity contribution is 8.13. The second-order valence-corrected chi connectivity index (χ2v) is 4.77. The maximum atomic E-state index is 10.5. The number of hydrogen-bond donors (Lipinski definition) is 3. The number of aromatic nitrogens is 1. The lowest BCUT2D eigenvalue weighted by Crippen LogP contribution is -2.34. The van der Waals surface area contributed by atoms with Crippen LogP contribution in [-0.4, -0.2) is 40.8 Å². The van der Waals surface area contributed by atoms with Gasteiger partial charge in [0.1, 0.15) is 6.20 Å². The highest BCUT2D eigenvalue weighted by atomic mass is 32.2. The molecule has 3 N–H and O–H groups in total. The fourth-order valence-corrected chi connectivity index (χ4v) is 2.04. The smallest absolute Gasteiger partial charge is 0.345 e. The van der Waals surface area contributed by atoms with Crippen molar-refractivity contribution in [3.8, 4) is 0 Å². The van der Waals surface area contributed by atoms with E-state index < -0.39 is 4.92 Å². The molecule has 1 aromatic heterocycles. The number of carbonyl (C=O) groups excluding carboxylic acids is 1. The van der Waals surface area contributed by atoms with Crippen molar-refractivity contribution >= 4 is 44.8 Å². The van der Waals surface area contributed by atoms with Crippen molar-refractivity contribution in [2.24, 2.45) is 4.99 Å². The van der Waals surface area contributed by atoms with Gasteiger partial charge in [0.05, 0.1) is 11.5 Å². The maximum absolute atomic E-state index is 10.5. The van der Waals surface area contributed by atoms with Gasteiger partial charge in [-0.05, 0) is 17.6 Å². The van der Waals surface area contributed by atoms with E-state index >= 15 is 0 Å². The van der Waals surface area contributed by atoms with Gasteiger partial charge in [-0.3, -0.25) is 30.8 Å². The Labute approximate surface area is 117 Å². The molecule has 0 bridgehead atoms. The molecular formula is C8H12N6O3S2. The molecule has 0 fully saturated rings. The zero-order valence-corrected chi connectivity index (χ0v) is 11.6. The molecule has 0 spiro atoms. The predicted octanol–water partition coefficient (Wildman–Crippen LogP) is 0.433. The number of carbonyl (C=O) groups is 1. The Kier molecular flexibility index (Phi) is 6.60. The number of rotatable bonds is 7. The number of anilines is 1. The van der Waals surface area contributed by atoms with E-state index in [0.29, 0.717) is 29.8 Å². The molecule has 0 atom stereocenters. The van der Waals surface area contributed by atoms with E-state index in [-0.39, 0.29) is 5.00 Å². The summed E-state index contributed by atoms with van der Waals surface area (Å²) in [6.07, 6.45) is 3.54. The van der Waals surface area contributed by atoms with Crippen molar-refractivity contribution in [3.05, 3.63) is 16.3 Å². The SMILES string of the molecule is CSC(=NCCNc1ncc([N+](=O)[O-])s1)NNC=O. The van der Waals surface area contributed by atoms with Crippen LogP contribution in [0.2, 0.25) is 0 Å². The highest BCUT2D eigenvalue weighted by Crippen LogP contribution is 2.24. The second kappa shape index (κ2) is 8.26. The van der Waals surface area contributed by atoms with Crippen molar-refractivity contribution in [2.45, 2.75) is 0 Å². The van der Waals surface area contributed by atoms with E-state index in [4.69, 9.17) is 0 Å². The highest BCUT2D eigenvalue weighted by Gasteiger charge is 2.10. The Balaban J connectivity index is 2.34. The van der Waals surface area contributed by atoms with E-state index in [1.165, 1.54) is 18.0 Å². The molecule has 11 heteroatoms. The average Bonchev–Trinajstić information content (AvgIpc) is 2.87. The molecule has 0 aliphatic heterocycles. The van der Waals surface area contributed by atoms with Crippen LogP contribution in [0.4, 0.5) is 10.1 Å². The minimum absolute atomic E-state index is 0.00680. The van der Waals surface area contributed by atoms with Gasteiger partial charge in [0.15, 0.2) is 10.3 Å². The topological polar surface area (TPSA) is 122 Å². The van der Waals surface area contributed by atoms with Crippen LogP contribution in [0, 0.1) is 10.1 Å². The predicted molar refractivity (Wildman–Crippen MR) is 75.4 cm³/mol. The third-order valence-corrected chi connectivity index (χ3v) is 3.27. The van der Waals surface area contributed by atoms with E-state index in [9.17, 15) is 14.9 Å². The van der Waals surface area contributed by atoms with E-state index in [1.807, 2.05) is 6.26 Å². The largest absolute Gasteiger partial charge is 0.359 e. The molecule has 0 saturated carbocycles. The number of hydrogen-bond acceptors (Lipinski definition) is 8. The summed E-state index contributed by atoms with van der Waals surface area (Å²) in [6.45, 7) is 0.925. The Bertz CT molecular complexity index is 463. The Morgan fingerprint density at radius 2 is 2.53 bits per heavy atom. The van der Waals surface area contributed by atoms with Crippen molar-refractivity contribution < 1.29 is 9.72 Å². The quantitative estimate of drug-likeness (QED) is 0.167. The Hall–Kier alpha value is -1.88. The van der Waals surface area contributed by atoms with Gasteiger partial charge in [-0.25, -0.2) is 4.98 Å². The number of amides is 1. The lowest BCUT2D eigenvalue weighted by Gasteiger charge is -2.05. The van der Waals surface area contributed by atoms with Crippen molar-refractivity contribution in [1.29, 1.82) is 0 Å². The number of thiazole rings is 1. The van der Waals surface area contributed by atoms with Gasteiger partial charge < -0.3 is 5.32 Å². The summed E-state index contributed by atoms with van der Waals surface area (Å²) in [5.41, 5.74) is 4.89. The Morgan fingerprint density at radius 1 is 1.74 bits per heavy atom. The number of nitrogens with zero attached hydrogens (tertiary/aromatic N) is 3. The lowest BCUT2D eigenvalue weighted by molar-refractivity contribution is -0.380. The molecule has 1 rings (SSSR count). The standard InChI is InChI=1S/C8H12N6O3S2/c1-18-8(13-12-5-15)10-3-2-9-7-11-4-6(19-7)14(16)17/h4-5H,2-3H2,1H3,(H,9,11)(H,10,13)(H,12,15). The van der Waals surface area contributed by atoms with Gasteiger partial charge in [0.2, 0.25) is 6.41 Å². The van der Waals surface area contributed by atoms with Gasteiger partial charge in [0.25, 0.3) is 0 Å². The van der Waals surface area contributed by atoms with Crippen LogP contribution in [0.1, 0.15) is 0 Å². The van der Waals surface area contributed by atoms with Crippen molar-refractivity contribution in [3.63, 3.8) is 0 Å². The fraction of sp³-hybridized carbons (Fsp3) is 0.375. The zero-order chi connectivity index (χ0) is 14.1. The van der Waals surface area contributed by atoms with E-state index in [0.717, 1.165) is 11.3 Å². The molecule has 0 saturated heterocycles. The van der Waals surface area contributed by atoms with E-state index in [1.54, 1.807) is 0 Å². The molecule has 0 unspecified atom stereocenters. The summed E-state index contributed by atoms with van der Waals surface area (Å²) in [5, 5.41) is 14.4. The molecule has 1 amide bonds. The third-order valence-electron chi connectivity index (χ3n) is 1.75. The van der Waals surface area contributed by atoms with Crippen LogP contribution in [0.25, 0.3) is 0 Å². The first-order chi connectivity index (χ1) is 9.17. The monoisotopic (exact) mass is 304 g/mol. The van der Waals surface area contributed by atoms with Gasteiger partial charge in [-0.1, -0.05) is 11.8 Å². The molecule has 1 heterocycles. The lowest BCUT2D eigenvalue weighted by atomic mass is 10.6. The molecule has 0 aliphatic rings. The average molecular weight is 304 g/mol. The number of hydrazine groups is 1. The minimum Gasteiger partial charge on any atom is -0.359 e. The molecule has 19 heavy (non-hydrogen) atoms. The molecular weight excluding hydrogens is 292 g/mol. The normalized spacial score (nSPS) is 10.9. The fourth-order valence-electron chi connectivity index (χ4n) is 0.998. The molecule has 104 valence electrons. The summed E-state index contributed by atoms with van der Waals surface area (Å²) in [5.74, 6) is 0. The summed E-state index contributed by atoms with van der Waals surface area (Å²) < 4.78 is 0. The number of nitro groups is 1. The van der Waals surface area contributed by atoms with Crippen molar-refractivity contribution in [1.82, 2.24) is 15.8 Å². The van der Waals surface area contributed by atoms with Crippen LogP contribution >= 0.6 is 23.1 Å². The zero-order valence-electron chi connectivity index (χ0n) is 9.95. The number of nitrogens with one attached hydrogen (secondary N) is 3. The summed E-state index contributed by atoms with van der Waals surface area (Å²) in [4.78, 5) is 28.1. The summed E-state index contributed by atoms with van der Waals surface area (Å²) in [6, 6.07) is 0. The maximum Gasteiger partial charge on any atom is 0.345 e. The van der Waals surface area contributed by atoms with Gasteiger partial charge in [-0.2, -0.15) is 0 Å². The number of thioether (sulfide) groups is 1.